The number of halogens is 1. The number of carbonyl (C=O) groups is 2. The summed E-state index contributed by atoms with van der Waals surface area (Å²) in [4.78, 5) is 25.4. The Hall–Kier alpha value is -2.70. The number of benzene rings is 1. The van der Waals surface area contributed by atoms with Crippen molar-refractivity contribution >= 4 is 11.9 Å². The Kier molecular flexibility index (Phi) is 4.59. The monoisotopic (exact) mass is 331 g/mol. The second-order valence-electron chi connectivity index (χ2n) is 5.86. The molecule has 0 unspecified atom stereocenters. The third kappa shape index (κ3) is 3.29. The van der Waals surface area contributed by atoms with Gasteiger partial charge in [0.1, 0.15) is 5.82 Å². The zero-order chi connectivity index (χ0) is 17.1. The van der Waals surface area contributed by atoms with E-state index in [0.29, 0.717) is 25.1 Å². The standard InChI is InChI=1S/C17H18FN3O3/c18-13-5-3-12(4-6-13)16-14(17(23)24)11-15(22)21(16)10-2-9-20-8-1-7-19-20/h1,3-8,14,16H,2,9-11H2,(H,23,24)/t14-,16+/m1/s1. The normalized spacial score (nSPS) is 20.5. The van der Waals surface area contributed by atoms with Gasteiger partial charge in [0.25, 0.3) is 0 Å². The van der Waals surface area contributed by atoms with Gasteiger partial charge < -0.3 is 10.0 Å². The summed E-state index contributed by atoms with van der Waals surface area (Å²) in [5.74, 6) is -2.39. The van der Waals surface area contributed by atoms with Crippen molar-refractivity contribution in [1.29, 1.82) is 0 Å². The van der Waals surface area contributed by atoms with Gasteiger partial charge in [0.2, 0.25) is 5.91 Å². The lowest BCUT2D eigenvalue weighted by atomic mass is 9.93. The molecule has 0 saturated carbocycles. The molecule has 1 amide bonds. The van der Waals surface area contributed by atoms with E-state index in [-0.39, 0.29) is 18.1 Å². The van der Waals surface area contributed by atoms with Crippen molar-refractivity contribution in [3.63, 3.8) is 0 Å². The predicted octanol–water partition coefficient (Wildman–Crippen LogP) is 2.09. The van der Waals surface area contributed by atoms with Crippen LogP contribution in [0, 0.1) is 11.7 Å². The molecule has 0 radical (unpaired) electrons. The summed E-state index contributed by atoms with van der Waals surface area (Å²) in [6.45, 7) is 1.08. The second-order valence-corrected chi connectivity index (χ2v) is 5.86. The molecule has 24 heavy (non-hydrogen) atoms. The second kappa shape index (κ2) is 6.82. The van der Waals surface area contributed by atoms with Crippen LogP contribution >= 0.6 is 0 Å². The van der Waals surface area contributed by atoms with Crippen LogP contribution in [-0.4, -0.2) is 38.2 Å². The molecule has 1 fully saturated rings. The summed E-state index contributed by atoms with van der Waals surface area (Å²) in [5, 5.41) is 13.6. The number of aryl methyl sites for hydroxylation is 1. The number of nitrogens with zero attached hydrogens (tertiary/aromatic N) is 3. The zero-order valence-corrected chi connectivity index (χ0v) is 13.0. The molecule has 7 heteroatoms. The van der Waals surface area contributed by atoms with E-state index >= 15 is 0 Å². The SMILES string of the molecule is O=C(O)[C@@H]1CC(=O)N(CCCn2cccn2)[C@H]1c1ccc(F)cc1. The Balaban J connectivity index is 1.77. The number of rotatable bonds is 6. The van der Waals surface area contributed by atoms with E-state index in [1.807, 2.05) is 12.3 Å². The molecule has 1 aliphatic heterocycles. The fourth-order valence-electron chi connectivity index (χ4n) is 3.18. The number of carboxylic acid groups (broad SMARTS) is 1. The minimum atomic E-state index is -1.01. The van der Waals surface area contributed by atoms with Crippen molar-refractivity contribution in [2.24, 2.45) is 5.92 Å². The largest absolute Gasteiger partial charge is 0.481 e. The summed E-state index contributed by atoms with van der Waals surface area (Å²) in [7, 11) is 0. The molecule has 1 aromatic carbocycles. The first-order chi connectivity index (χ1) is 11.6. The van der Waals surface area contributed by atoms with Gasteiger partial charge in [-0.1, -0.05) is 12.1 Å². The Morgan fingerprint density at radius 3 is 2.67 bits per heavy atom. The van der Waals surface area contributed by atoms with Gasteiger partial charge >= 0.3 is 5.97 Å². The number of amides is 1. The minimum Gasteiger partial charge on any atom is -0.481 e. The average Bonchev–Trinajstić information content (AvgIpc) is 3.17. The Morgan fingerprint density at radius 1 is 1.29 bits per heavy atom. The molecule has 3 rings (SSSR count). The van der Waals surface area contributed by atoms with E-state index in [9.17, 15) is 19.1 Å². The van der Waals surface area contributed by atoms with Crippen molar-refractivity contribution in [3.05, 3.63) is 54.1 Å². The van der Waals surface area contributed by atoms with Crippen LogP contribution < -0.4 is 0 Å². The first kappa shape index (κ1) is 16.2. The van der Waals surface area contributed by atoms with E-state index in [0.717, 1.165) is 0 Å². The van der Waals surface area contributed by atoms with Crippen molar-refractivity contribution < 1.29 is 19.1 Å². The van der Waals surface area contributed by atoms with Crippen LogP contribution in [0.5, 0.6) is 0 Å². The summed E-state index contributed by atoms with van der Waals surface area (Å²) >= 11 is 0. The molecular weight excluding hydrogens is 313 g/mol. The van der Waals surface area contributed by atoms with Crippen LogP contribution in [0.1, 0.15) is 24.4 Å². The highest BCUT2D eigenvalue weighted by atomic mass is 19.1. The molecule has 0 bridgehead atoms. The number of carboxylic acids is 1. The molecule has 6 nitrogen and oxygen atoms in total. The molecule has 0 spiro atoms. The van der Waals surface area contributed by atoms with E-state index in [4.69, 9.17) is 0 Å². The lowest BCUT2D eigenvalue weighted by Gasteiger charge is -2.27. The van der Waals surface area contributed by atoms with Crippen LogP contribution in [0.2, 0.25) is 0 Å². The van der Waals surface area contributed by atoms with Crippen LogP contribution in [0.3, 0.4) is 0 Å². The van der Waals surface area contributed by atoms with Gasteiger partial charge in [-0.25, -0.2) is 4.39 Å². The first-order valence-electron chi connectivity index (χ1n) is 7.81. The van der Waals surface area contributed by atoms with Gasteiger partial charge in [-0.2, -0.15) is 5.10 Å². The van der Waals surface area contributed by atoms with Crippen LogP contribution in [0.25, 0.3) is 0 Å². The lowest BCUT2D eigenvalue weighted by Crippen LogP contribution is -2.32. The van der Waals surface area contributed by atoms with E-state index in [1.54, 1.807) is 27.9 Å². The molecule has 1 N–H and O–H groups in total. The topological polar surface area (TPSA) is 75.4 Å². The number of carbonyl (C=O) groups excluding carboxylic acids is 1. The molecule has 0 aliphatic carbocycles. The summed E-state index contributed by atoms with van der Waals surface area (Å²) in [6.07, 6.45) is 4.16. The van der Waals surface area contributed by atoms with E-state index in [1.165, 1.54) is 12.1 Å². The van der Waals surface area contributed by atoms with Crippen molar-refractivity contribution in [3.8, 4) is 0 Å². The molecule has 1 aromatic heterocycles. The molecule has 1 aliphatic rings. The Morgan fingerprint density at radius 2 is 2.04 bits per heavy atom. The summed E-state index contributed by atoms with van der Waals surface area (Å²) < 4.78 is 14.9. The number of likely N-dealkylation sites (tertiary alicyclic amines) is 1. The van der Waals surface area contributed by atoms with Gasteiger partial charge in [-0.3, -0.25) is 14.3 Å². The zero-order valence-electron chi connectivity index (χ0n) is 13.0. The highest BCUT2D eigenvalue weighted by molar-refractivity contribution is 5.87. The highest BCUT2D eigenvalue weighted by Gasteiger charge is 2.44. The van der Waals surface area contributed by atoms with Crippen molar-refractivity contribution in [2.75, 3.05) is 6.54 Å². The summed E-state index contributed by atoms with van der Waals surface area (Å²) in [6, 6.07) is 6.94. The van der Waals surface area contributed by atoms with Crippen molar-refractivity contribution in [1.82, 2.24) is 14.7 Å². The van der Waals surface area contributed by atoms with Crippen LogP contribution in [-0.2, 0) is 16.1 Å². The third-order valence-electron chi connectivity index (χ3n) is 4.31. The average molecular weight is 331 g/mol. The van der Waals surface area contributed by atoms with Gasteiger partial charge in [-0.15, -0.1) is 0 Å². The fraction of sp³-hybridized carbons (Fsp3) is 0.353. The lowest BCUT2D eigenvalue weighted by molar-refractivity contribution is -0.142. The Labute approximate surface area is 138 Å². The third-order valence-corrected chi connectivity index (χ3v) is 4.31. The number of aliphatic carboxylic acids is 1. The van der Waals surface area contributed by atoms with E-state index < -0.39 is 17.9 Å². The highest BCUT2D eigenvalue weighted by Crippen LogP contribution is 2.38. The number of hydrogen-bond donors (Lipinski definition) is 1. The van der Waals surface area contributed by atoms with Crippen LogP contribution in [0.15, 0.2) is 42.7 Å². The Bertz CT molecular complexity index is 715. The maximum Gasteiger partial charge on any atom is 0.309 e. The van der Waals surface area contributed by atoms with Gasteiger partial charge in [-0.05, 0) is 30.2 Å². The van der Waals surface area contributed by atoms with Gasteiger partial charge in [0.15, 0.2) is 0 Å². The number of aromatic nitrogens is 2. The molecular formula is C17H18FN3O3. The first-order valence-corrected chi connectivity index (χ1v) is 7.81. The fourth-order valence-corrected chi connectivity index (χ4v) is 3.18. The molecule has 2 heterocycles. The van der Waals surface area contributed by atoms with Crippen LogP contribution in [0.4, 0.5) is 4.39 Å². The smallest absolute Gasteiger partial charge is 0.309 e. The minimum absolute atomic E-state index is 0.0286. The molecule has 1 saturated heterocycles. The van der Waals surface area contributed by atoms with E-state index in [2.05, 4.69) is 5.10 Å². The predicted molar refractivity (Wildman–Crippen MR) is 83.4 cm³/mol. The maximum absolute atomic E-state index is 13.2. The van der Waals surface area contributed by atoms with Gasteiger partial charge in [0.05, 0.1) is 12.0 Å². The number of hydrogen-bond acceptors (Lipinski definition) is 3. The van der Waals surface area contributed by atoms with Crippen molar-refractivity contribution in [2.45, 2.75) is 25.4 Å². The van der Waals surface area contributed by atoms with Gasteiger partial charge in [0, 0.05) is 31.9 Å². The summed E-state index contributed by atoms with van der Waals surface area (Å²) in [5.41, 5.74) is 0.647. The molecule has 2 aromatic rings. The molecule has 2 atom stereocenters. The maximum atomic E-state index is 13.2. The quantitative estimate of drug-likeness (QED) is 0.879. The molecule has 126 valence electrons.